The van der Waals surface area contributed by atoms with Gasteiger partial charge in [0.15, 0.2) is 0 Å². The summed E-state index contributed by atoms with van der Waals surface area (Å²) in [4.78, 5) is 18.5. The van der Waals surface area contributed by atoms with E-state index in [0.29, 0.717) is 11.7 Å². The Balaban J connectivity index is 2.16. The van der Waals surface area contributed by atoms with Crippen LogP contribution in [0.1, 0.15) is 51.3 Å². The largest absolute Gasteiger partial charge is 0.474 e. The van der Waals surface area contributed by atoms with Crippen molar-refractivity contribution in [2.45, 2.75) is 51.6 Å². The molecule has 1 aromatic rings. The molecule has 0 atom stereocenters. The molecule has 1 heterocycles. The zero-order valence-electron chi connectivity index (χ0n) is 9.82. The highest BCUT2D eigenvalue weighted by molar-refractivity contribution is 5.11. The zero-order chi connectivity index (χ0) is 11.5. The third-order valence-corrected chi connectivity index (χ3v) is 2.87. The van der Waals surface area contributed by atoms with Crippen molar-refractivity contribution in [2.24, 2.45) is 0 Å². The van der Waals surface area contributed by atoms with Gasteiger partial charge >= 0.3 is 0 Å². The molecule has 1 aromatic heterocycles. The molecule has 16 heavy (non-hydrogen) atoms. The van der Waals surface area contributed by atoms with E-state index >= 15 is 0 Å². The lowest BCUT2D eigenvalue weighted by molar-refractivity contribution is 0.200. The molecule has 4 nitrogen and oxygen atoms in total. The second kappa shape index (κ2) is 4.68. The lowest BCUT2D eigenvalue weighted by Gasteiger charge is -2.13. The van der Waals surface area contributed by atoms with Crippen LogP contribution < -0.4 is 10.3 Å². The molecule has 0 aliphatic heterocycles. The van der Waals surface area contributed by atoms with Gasteiger partial charge in [0, 0.05) is 5.92 Å². The van der Waals surface area contributed by atoms with Crippen molar-refractivity contribution in [2.75, 3.05) is 0 Å². The van der Waals surface area contributed by atoms with Crippen LogP contribution in [0.15, 0.2) is 10.9 Å². The SMILES string of the molecule is CC(C)c1nc(OC2CCCC2)cc(=O)[nH]1. The van der Waals surface area contributed by atoms with E-state index in [4.69, 9.17) is 4.74 Å². The Kier molecular flexibility index (Phi) is 3.27. The molecule has 0 radical (unpaired) electrons. The number of nitrogens with zero attached hydrogens (tertiary/aromatic N) is 1. The van der Waals surface area contributed by atoms with Crippen LogP contribution in [0.2, 0.25) is 0 Å². The van der Waals surface area contributed by atoms with E-state index in [-0.39, 0.29) is 17.6 Å². The van der Waals surface area contributed by atoms with Gasteiger partial charge in [0.25, 0.3) is 5.56 Å². The summed E-state index contributed by atoms with van der Waals surface area (Å²) in [5.74, 6) is 1.37. The highest BCUT2D eigenvalue weighted by atomic mass is 16.5. The highest BCUT2D eigenvalue weighted by Crippen LogP contribution is 2.22. The third kappa shape index (κ3) is 2.62. The summed E-state index contributed by atoms with van der Waals surface area (Å²) in [5.41, 5.74) is -0.133. The van der Waals surface area contributed by atoms with E-state index in [9.17, 15) is 4.79 Å². The average Bonchev–Trinajstić information content (AvgIpc) is 2.69. The van der Waals surface area contributed by atoms with E-state index in [1.807, 2.05) is 13.8 Å². The van der Waals surface area contributed by atoms with Crippen molar-refractivity contribution in [1.29, 1.82) is 0 Å². The van der Waals surface area contributed by atoms with Gasteiger partial charge in [0.2, 0.25) is 5.88 Å². The lowest BCUT2D eigenvalue weighted by Crippen LogP contribution is -2.17. The number of rotatable bonds is 3. The fraction of sp³-hybridized carbons (Fsp3) is 0.667. The standard InChI is InChI=1S/C12H18N2O2/c1-8(2)12-13-10(15)7-11(14-12)16-9-5-3-4-6-9/h7-9H,3-6H2,1-2H3,(H,13,14,15). The van der Waals surface area contributed by atoms with Gasteiger partial charge in [-0.05, 0) is 25.7 Å². The predicted octanol–water partition coefficient (Wildman–Crippen LogP) is 2.21. The average molecular weight is 222 g/mol. The monoisotopic (exact) mass is 222 g/mol. The summed E-state index contributed by atoms with van der Waals surface area (Å²) in [6.45, 7) is 4.00. The van der Waals surface area contributed by atoms with Gasteiger partial charge in [-0.2, -0.15) is 4.98 Å². The zero-order valence-corrected chi connectivity index (χ0v) is 9.82. The molecule has 88 valence electrons. The number of aromatic amines is 1. The van der Waals surface area contributed by atoms with Gasteiger partial charge in [-0.15, -0.1) is 0 Å². The quantitative estimate of drug-likeness (QED) is 0.853. The highest BCUT2D eigenvalue weighted by Gasteiger charge is 2.17. The Bertz CT molecular complexity index is 406. The van der Waals surface area contributed by atoms with Gasteiger partial charge in [0.1, 0.15) is 11.9 Å². The smallest absolute Gasteiger partial charge is 0.254 e. The van der Waals surface area contributed by atoms with E-state index in [2.05, 4.69) is 9.97 Å². The van der Waals surface area contributed by atoms with Gasteiger partial charge in [-0.3, -0.25) is 4.79 Å². The molecule has 0 unspecified atom stereocenters. The second-order valence-electron chi connectivity index (χ2n) is 4.65. The number of aromatic nitrogens is 2. The van der Waals surface area contributed by atoms with Gasteiger partial charge < -0.3 is 9.72 Å². The number of H-pyrrole nitrogens is 1. The van der Waals surface area contributed by atoms with Crippen LogP contribution in [0.3, 0.4) is 0 Å². The van der Waals surface area contributed by atoms with Crippen LogP contribution in [0, 0.1) is 0 Å². The first-order chi connectivity index (χ1) is 7.65. The molecule has 2 rings (SSSR count). The summed E-state index contributed by atoms with van der Waals surface area (Å²) in [6.07, 6.45) is 4.82. The third-order valence-electron chi connectivity index (χ3n) is 2.87. The minimum atomic E-state index is -0.133. The molecule has 1 saturated carbocycles. The number of ether oxygens (including phenoxy) is 1. The molecule has 0 aromatic carbocycles. The van der Waals surface area contributed by atoms with Crippen LogP contribution in [0.5, 0.6) is 5.88 Å². The Morgan fingerprint density at radius 2 is 2.12 bits per heavy atom. The molecule has 1 aliphatic carbocycles. The van der Waals surface area contributed by atoms with Crippen molar-refractivity contribution in [3.05, 3.63) is 22.2 Å². The van der Waals surface area contributed by atoms with E-state index in [1.54, 1.807) is 0 Å². The predicted molar refractivity (Wildman–Crippen MR) is 61.8 cm³/mol. The van der Waals surface area contributed by atoms with Crippen molar-refractivity contribution in [1.82, 2.24) is 9.97 Å². The Labute approximate surface area is 95.1 Å². The maximum atomic E-state index is 11.4. The molecule has 0 spiro atoms. The molecular formula is C12H18N2O2. The lowest BCUT2D eigenvalue weighted by atomic mass is 10.2. The number of hydrogen-bond acceptors (Lipinski definition) is 3. The van der Waals surface area contributed by atoms with Gasteiger partial charge in [-0.1, -0.05) is 13.8 Å². The fourth-order valence-electron chi connectivity index (χ4n) is 1.96. The summed E-state index contributed by atoms with van der Waals surface area (Å²) in [5, 5.41) is 0. The van der Waals surface area contributed by atoms with Gasteiger partial charge in [0.05, 0.1) is 6.07 Å². The first-order valence-corrected chi connectivity index (χ1v) is 5.93. The molecule has 0 bridgehead atoms. The summed E-state index contributed by atoms with van der Waals surface area (Å²) in [7, 11) is 0. The molecule has 4 heteroatoms. The Morgan fingerprint density at radius 3 is 2.75 bits per heavy atom. The summed E-state index contributed by atoms with van der Waals surface area (Å²) >= 11 is 0. The molecule has 0 saturated heterocycles. The van der Waals surface area contributed by atoms with Crippen LogP contribution in [-0.4, -0.2) is 16.1 Å². The minimum Gasteiger partial charge on any atom is -0.474 e. The van der Waals surface area contributed by atoms with Crippen molar-refractivity contribution < 1.29 is 4.74 Å². The van der Waals surface area contributed by atoms with Crippen molar-refractivity contribution >= 4 is 0 Å². The molecular weight excluding hydrogens is 204 g/mol. The Hall–Kier alpha value is -1.32. The van der Waals surface area contributed by atoms with Crippen LogP contribution in [-0.2, 0) is 0 Å². The van der Waals surface area contributed by atoms with Crippen LogP contribution in [0.4, 0.5) is 0 Å². The minimum absolute atomic E-state index is 0.133. The fourth-order valence-corrected chi connectivity index (χ4v) is 1.96. The first-order valence-electron chi connectivity index (χ1n) is 5.93. The number of hydrogen-bond donors (Lipinski definition) is 1. The number of nitrogens with one attached hydrogen (secondary N) is 1. The normalized spacial score (nSPS) is 16.9. The van der Waals surface area contributed by atoms with E-state index < -0.39 is 0 Å². The first kappa shape index (κ1) is 11.2. The van der Waals surface area contributed by atoms with Crippen LogP contribution in [0.25, 0.3) is 0 Å². The maximum absolute atomic E-state index is 11.4. The van der Waals surface area contributed by atoms with E-state index in [0.717, 1.165) is 12.8 Å². The molecule has 1 aliphatic rings. The maximum Gasteiger partial charge on any atom is 0.254 e. The topological polar surface area (TPSA) is 55.0 Å². The summed E-state index contributed by atoms with van der Waals surface area (Å²) in [6, 6.07) is 1.43. The van der Waals surface area contributed by atoms with Crippen molar-refractivity contribution in [3.63, 3.8) is 0 Å². The van der Waals surface area contributed by atoms with Crippen molar-refractivity contribution in [3.8, 4) is 5.88 Å². The van der Waals surface area contributed by atoms with Crippen LogP contribution >= 0.6 is 0 Å². The van der Waals surface area contributed by atoms with Gasteiger partial charge in [-0.25, -0.2) is 0 Å². The summed E-state index contributed by atoms with van der Waals surface area (Å²) < 4.78 is 5.72. The molecule has 1 fully saturated rings. The molecule has 1 N–H and O–H groups in total. The Morgan fingerprint density at radius 1 is 1.44 bits per heavy atom. The molecule has 0 amide bonds. The second-order valence-corrected chi connectivity index (χ2v) is 4.65. The van der Waals surface area contributed by atoms with E-state index in [1.165, 1.54) is 18.9 Å².